The van der Waals surface area contributed by atoms with Gasteiger partial charge in [0.1, 0.15) is 6.33 Å². The quantitative estimate of drug-likeness (QED) is 0.718. The van der Waals surface area contributed by atoms with Crippen LogP contribution in [0.1, 0.15) is 11.6 Å². The smallest absolute Gasteiger partial charge is 0.255 e. The fourth-order valence-corrected chi connectivity index (χ4v) is 3.15. The number of hydrogen-bond donors (Lipinski definition) is 0. The van der Waals surface area contributed by atoms with Crippen LogP contribution in [-0.4, -0.2) is 39.3 Å². The lowest BCUT2D eigenvalue weighted by Gasteiger charge is -2.37. The lowest BCUT2D eigenvalue weighted by atomic mass is 10.1. The normalized spacial score (nSPS) is 17.3. The Morgan fingerprint density at radius 2 is 2.00 bits per heavy atom. The molecular weight excluding hydrogens is 330 g/mol. The van der Waals surface area contributed by atoms with E-state index in [2.05, 4.69) is 27.0 Å². The second kappa shape index (κ2) is 7.05. The van der Waals surface area contributed by atoms with Gasteiger partial charge in [-0.05, 0) is 11.6 Å². The van der Waals surface area contributed by atoms with E-state index in [-0.39, 0.29) is 11.6 Å². The lowest BCUT2D eigenvalue weighted by Crippen LogP contribution is -2.42. The van der Waals surface area contributed by atoms with E-state index in [4.69, 9.17) is 9.72 Å². The zero-order valence-corrected chi connectivity index (χ0v) is 14.4. The van der Waals surface area contributed by atoms with Crippen molar-refractivity contribution in [1.82, 2.24) is 19.5 Å². The van der Waals surface area contributed by atoms with E-state index in [0.717, 1.165) is 5.56 Å². The molecule has 0 amide bonds. The van der Waals surface area contributed by atoms with Gasteiger partial charge < -0.3 is 9.64 Å². The van der Waals surface area contributed by atoms with Gasteiger partial charge in [-0.2, -0.15) is 0 Å². The Labute approximate surface area is 150 Å². The third-order valence-electron chi connectivity index (χ3n) is 4.53. The summed E-state index contributed by atoms with van der Waals surface area (Å²) in [6, 6.07) is 13.4. The Kier molecular flexibility index (Phi) is 4.45. The number of benzene rings is 1. The van der Waals surface area contributed by atoms with Crippen LogP contribution in [0, 0.1) is 0 Å². The summed E-state index contributed by atoms with van der Waals surface area (Å²) >= 11 is 0. The highest BCUT2D eigenvalue weighted by Gasteiger charge is 2.28. The molecule has 0 bridgehead atoms. The zero-order valence-electron chi connectivity index (χ0n) is 14.4. The minimum atomic E-state index is -0.123. The molecule has 0 N–H and O–H groups in total. The molecule has 7 heteroatoms. The van der Waals surface area contributed by atoms with Gasteiger partial charge in [-0.15, -0.1) is 0 Å². The van der Waals surface area contributed by atoms with E-state index in [9.17, 15) is 4.79 Å². The van der Waals surface area contributed by atoms with Crippen molar-refractivity contribution in [2.45, 2.75) is 6.04 Å². The number of rotatable bonds is 3. The SMILES string of the molecule is Cn1c(N2CCOC[C@H]2c2ccccc2)nc(-c2ccncn2)cc1=O. The molecule has 26 heavy (non-hydrogen) atoms. The van der Waals surface area contributed by atoms with Crippen LogP contribution in [0.25, 0.3) is 11.4 Å². The number of nitrogens with zero attached hydrogens (tertiary/aromatic N) is 5. The predicted molar refractivity (Wildman–Crippen MR) is 97.9 cm³/mol. The van der Waals surface area contributed by atoms with Gasteiger partial charge in [0.25, 0.3) is 5.56 Å². The average molecular weight is 349 g/mol. The van der Waals surface area contributed by atoms with Gasteiger partial charge in [-0.25, -0.2) is 15.0 Å². The van der Waals surface area contributed by atoms with E-state index >= 15 is 0 Å². The Hall–Kier alpha value is -3.06. The maximum Gasteiger partial charge on any atom is 0.255 e. The molecule has 1 aromatic carbocycles. The molecule has 0 saturated carbocycles. The van der Waals surface area contributed by atoms with Crippen molar-refractivity contribution < 1.29 is 4.74 Å². The first kappa shape index (κ1) is 16.4. The molecule has 0 spiro atoms. The van der Waals surface area contributed by atoms with E-state index in [1.54, 1.807) is 23.9 Å². The highest BCUT2D eigenvalue weighted by molar-refractivity contribution is 5.55. The number of hydrogen-bond acceptors (Lipinski definition) is 6. The highest BCUT2D eigenvalue weighted by atomic mass is 16.5. The number of ether oxygens (including phenoxy) is 1. The Balaban J connectivity index is 1.80. The molecule has 1 atom stereocenters. The fourth-order valence-electron chi connectivity index (χ4n) is 3.15. The summed E-state index contributed by atoms with van der Waals surface area (Å²) in [5, 5.41) is 0. The number of anilines is 1. The van der Waals surface area contributed by atoms with Gasteiger partial charge in [0.05, 0.1) is 30.6 Å². The maximum atomic E-state index is 12.5. The molecule has 2 aromatic heterocycles. The molecule has 0 aliphatic carbocycles. The second-order valence-electron chi connectivity index (χ2n) is 6.13. The molecule has 0 radical (unpaired) electrons. The molecule has 1 saturated heterocycles. The van der Waals surface area contributed by atoms with Crippen molar-refractivity contribution >= 4 is 5.95 Å². The first-order valence-corrected chi connectivity index (χ1v) is 8.48. The molecule has 3 heterocycles. The standard InChI is InChI=1S/C19H19N5O2/c1-23-18(25)11-16(15-7-8-20-13-21-15)22-19(23)24-9-10-26-12-17(24)14-5-3-2-4-6-14/h2-8,11,13,17H,9-10,12H2,1H3/t17-/m0/s1. The summed E-state index contributed by atoms with van der Waals surface area (Å²) in [5.74, 6) is 0.614. The molecule has 4 rings (SSSR count). The van der Waals surface area contributed by atoms with E-state index in [1.807, 2.05) is 18.2 Å². The Morgan fingerprint density at radius 3 is 2.77 bits per heavy atom. The van der Waals surface area contributed by atoms with Crippen LogP contribution >= 0.6 is 0 Å². The molecule has 1 aliphatic heterocycles. The summed E-state index contributed by atoms with van der Waals surface area (Å²) in [6.45, 7) is 1.81. The van der Waals surface area contributed by atoms with Crippen LogP contribution in [0.15, 0.2) is 59.8 Å². The lowest BCUT2D eigenvalue weighted by molar-refractivity contribution is 0.0928. The Morgan fingerprint density at radius 1 is 1.15 bits per heavy atom. The van der Waals surface area contributed by atoms with Gasteiger partial charge >= 0.3 is 0 Å². The summed E-state index contributed by atoms with van der Waals surface area (Å²) in [4.78, 5) is 27.6. The molecular formula is C19H19N5O2. The van der Waals surface area contributed by atoms with Crippen molar-refractivity contribution in [3.63, 3.8) is 0 Å². The van der Waals surface area contributed by atoms with Crippen molar-refractivity contribution in [3.05, 3.63) is 70.9 Å². The van der Waals surface area contributed by atoms with Crippen LogP contribution in [0.4, 0.5) is 5.95 Å². The van der Waals surface area contributed by atoms with Crippen molar-refractivity contribution in [3.8, 4) is 11.4 Å². The van der Waals surface area contributed by atoms with Crippen molar-refractivity contribution in [2.75, 3.05) is 24.7 Å². The van der Waals surface area contributed by atoms with Gasteiger partial charge in [0.15, 0.2) is 0 Å². The second-order valence-corrected chi connectivity index (χ2v) is 6.13. The van der Waals surface area contributed by atoms with Crippen LogP contribution in [0.3, 0.4) is 0 Å². The third-order valence-corrected chi connectivity index (χ3v) is 4.53. The van der Waals surface area contributed by atoms with Crippen LogP contribution in [0.5, 0.6) is 0 Å². The van der Waals surface area contributed by atoms with Gasteiger partial charge in [0, 0.05) is 25.9 Å². The van der Waals surface area contributed by atoms with Crippen LogP contribution < -0.4 is 10.5 Å². The molecule has 132 valence electrons. The van der Waals surface area contributed by atoms with Crippen molar-refractivity contribution in [2.24, 2.45) is 7.05 Å². The van der Waals surface area contributed by atoms with Crippen LogP contribution in [-0.2, 0) is 11.8 Å². The first-order chi connectivity index (χ1) is 12.7. The maximum absolute atomic E-state index is 12.5. The van der Waals surface area contributed by atoms with E-state index in [1.165, 1.54) is 12.4 Å². The molecule has 1 aliphatic rings. The highest BCUT2D eigenvalue weighted by Crippen LogP contribution is 2.28. The summed E-state index contributed by atoms with van der Waals surface area (Å²) in [6.07, 6.45) is 3.10. The average Bonchev–Trinajstić information content (AvgIpc) is 2.71. The molecule has 7 nitrogen and oxygen atoms in total. The van der Waals surface area contributed by atoms with Gasteiger partial charge in [0.2, 0.25) is 5.95 Å². The minimum Gasteiger partial charge on any atom is -0.377 e. The summed E-state index contributed by atoms with van der Waals surface area (Å²) < 4.78 is 7.27. The first-order valence-electron chi connectivity index (χ1n) is 8.48. The van der Waals surface area contributed by atoms with E-state index in [0.29, 0.717) is 37.1 Å². The van der Waals surface area contributed by atoms with E-state index < -0.39 is 0 Å². The van der Waals surface area contributed by atoms with Crippen molar-refractivity contribution in [1.29, 1.82) is 0 Å². The minimum absolute atomic E-state index is 0.00343. The predicted octanol–water partition coefficient (Wildman–Crippen LogP) is 1.82. The summed E-state index contributed by atoms with van der Waals surface area (Å²) in [7, 11) is 1.74. The number of aromatic nitrogens is 4. The summed E-state index contributed by atoms with van der Waals surface area (Å²) in [5.41, 5.74) is 2.18. The molecule has 1 fully saturated rings. The number of morpholine rings is 1. The third kappa shape index (κ3) is 3.09. The fraction of sp³-hybridized carbons (Fsp3) is 0.263. The van der Waals surface area contributed by atoms with Gasteiger partial charge in [-0.1, -0.05) is 30.3 Å². The van der Waals surface area contributed by atoms with Gasteiger partial charge in [-0.3, -0.25) is 9.36 Å². The monoisotopic (exact) mass is 349 g/mol. The zero-order chi connectivity index (χ0) is 17.9. The molecule has 3 aromatic rings. The van der Waals surface area contributed by atoms with Crippen LogP contribution in [0.2, 0.25) is 0 Å². The molecule has 0 unspecified atom stereocenters. The topological polar surface area (TPSA) is 73.1 Å². The Bertz CT molecular complexity index is 943. The largest absolute Gasteiger partial charge is 0.377 e.